The van der Waals surface area contributed by atoms with E-state index in [0.29, 0.717) is 23.8 Å². The molecule has 0 saturated carbocycles. The second-order valence-corrected chi connectivity index (χ2v) is 6.62. The van der Waals surface area contributed by atoms with Gasteiger partial charge in [0.05, 0.1) is 25.8 Å². The Kier molecular flexibility index (Phi) is 4.80. The molecule has 0 bridgehead atoms. The lowest BCUT2D eigenvalue weighted by molar-refractivity contribution is -0.125. The zero-order valence-corrected chi connectivity index (χ0v) is 15.4. The molecule has 2 aromatic carbocycles. The second-order valence-electron chi connectivity index (χ2n) is 6.62. The molecule has 142 valence electrons. The van der Waals surface area contributed by atoms with E-state index in [9.17, 15) is 9.59 Å². The number of hydrogen-bond donors (Lipinski definition) is 2. The Labute approximate surface area is 162 Å². The Morgan fingerprint density at radius 2 is 1.96 bits per heavy atom. The molecule has 4 rings (SSSR count). The van der Waals surface area contributed by atoms with Gasteiger partial charge in [0.15, 0.2) is 0 Å². The highest BCUT2D eigenvalue weighted by Crippen LogP contribution is 2.31. The number of anilines is 2. The van der Waals surface area contributed by atoms with Gasteiger partial charge in [-0.25, -0.2) is 4.68 Å². The first-order chi connectivity index (χ1) is 13.6. The first-order valence-corrected chi connectivity index (χ1v) is 9.00. The van der Waals surface area contributed by atoms with Crippen molar-refractivity contribution in [3.05, 3.63) is 60.8 Å². The molecule has 1 atom stereocenters. The molecule has 1 aromatic heterocycles. The van der Waals surface area contributed by atoms with Crippen LogP contribution in [0.5, 0.6) is 5.75 Å². The minimum atomic E-state index is -0.478. The van der Waals surface area contributed by atoms with Crippen molar-refractivity contribution in [2.24, 2.45) is 5.92 Å². The summed E-state index contributed by atoms with van der Waals surface area (Å²) in [7, 11) is 1.59. The van der Waals surface area contributed by atoms with Gasteiger partial charge in [-0.05, 0) is 29.8 Å². The lowest BCUT2D eigenvalue weighted by Crippen LogP contribution is -2.36. The molecule has 7 heteroatoms. The fourth-order valence-electron chi connectivity index (χ4n) is 3.26. The molecule has 0 saturated heterocycles. The molecule has 0 aliphatic carbocycles. The van der Waals surface area contributed by atoms with Gasteiger partial charge in [0, 0.05) is 17.7 Å². The number of nitrogens with zero attached hydrogens (tertiary/aromatic N) is 2. The lowest BCUT2D eigenvalue weighted by Gasteiger charge is -2.24. The van der Waals surface area contributed by atoms with Crippen molar-refractivity contribution in [3.8, 4) is 16.9 Å². The molecule has 2 heterocycles. The molecule has 0 radical (unpaired) electrons. The Bertz CT molecular complexity index is 996. The smallest absolute Gasteiger partial charge is 0.231 e. The van der Waals surface area contributed by atoms with Crippen molar-refractivity contribution in [2.45, 2.75) is 13.0 Å². The fraction of sp³-hybridized carbons (Fsp3) is 0.190. The highest BCUT2D eigenvalue weighted by atomic mass is 16.5. The SMILES string of the molecule is COc1ccc(NC(=O)C[C@@H]2Cn3ncc(-c4ccccc4)c3NC2=O)cc1. The second kappa shape index (κ2) is 7.56. The van der Waals surface area contributed by atoms with Crippen LogP contribution in [-0.4, -0.2) is 28.7 Å². The van der Waals surface area contributed by atoms with Crippen LogP contribution in [0.25, 0.3) is 11.1 Å². The average Bonchev–Trinajstić information content (AvgIpc) is 3.12. The molecular formula is C21H20N4O3. The van der Waals surface area contributed by atoms with Crippen LogP contribution in [0, 0.1) is 5.92 Å². The van der Waals surface area contributed by atoms with E-state index in [1.807, 2.05) is 30.3 Å². The van der Waals surface area contributed by atoms with Crippen LogP contribution < -0.4 is 15.4 Å². The van der Waals surface area contributed by atoms with E-state index >= 15 is 0 Å². The van der Waals surface area contributed by atoms with Gasteiger partial charge >= 0.3 is 0 Å². The molecule has 1 aliphatic heterocycles. The topological polar surface area (TPSA) is 85.2 Å². The number of methoxy groups -OCH3 is 1. The van der Waals surface area contributed by atoms with Gasteiger partial charge in [-0.2, -0.15) is 5.10 Å². The lowest BCUT2D eigenvalue weighted by atomic mass is 10.0. The minimum absolute atomic E-state index is 0.0812. The Hall–Kier alpha value is -3.61. The maximum absolute atomic E-state index is 12.6. The predicted octanol–water partition coefficient (Wildman–Crippen LogP) is 3.16. The van der Waals surface area contributed by atoms with Gasteiger partial charge in [0.2, 0.25) is 11.8 Å². The van der Waals surface area contributed by atoms with Crippen molar-refractivity contribution in [1.82, 2.24) is 9.78 Å². The Morgan fingerprint density at radius 3 is 2.68 bits per heavy atom. The number of aromatic nitrogens is 2. The highest BCUT2D eigenvalue weighted by molar-refractivity contribution is 6.00. The number of carbonyl (C=O) groups is 2. The molecule has 0 fully saturated rings. The zero-order chi connectivity index (χ0) is 19.5. The summed E-state index contributed by atoms with van der Waals surface area (Å²) >= 11 is 0. The number of hydrogen-bond acceptors (Lipinski definition) is 4. The first-order valence-electron chi connectivity index (χ1n) is 9.00. The van der Waals surface area contributed by atoms with Crippen LogP contribution in [0.4, 0.5) is 11.5 Å². The molecule has 2 amide bonds. The molecule has 3 aromatic rings. The summed E-state index contributed by atoms with van der Waals surface area (Å²) in [4.78, 5) is 24.9. The van der Waals surface area contributed by atoms with Crippen LogP contribution in [0.15, 0.2) is 60.8 Å². The van der Waals surface area contributed by atoms with E-state index < -0.39 is 5.92 Å². The van der Waals surface area contributed by atoms with Crippen molar-refractivity contribution in [3.63, 3.8) is 0 Å². The highest BCUT2D eigenvalue weighted by Gasteiger charge is 2.30. The number of benzene rings is 2. The minimum Gasteiger partial charge on any atom is -0.497 e. The summed E-state index contributed by atoms with van der Waals surface area (Å²) in [6.07, 6.45) is 1.82. The van der Waals surface area contributed by atoms with Gasteiger partial charge in [-0.1, -0.05) is 30.3 Å². The molecule has 0 unspecified atom stereocenters. The van der Waals surface area contributed by atoms with Crippen LogP contribution in [-0.2, 0) is 16.1 Å². The number of amides is 2. The van der Waals surface area contributed by atoms with Gasteiger partial charge in [0.25, 0.3) is 0 Å². The van der Waals surface area contributed by atoms with Crippen molar-refractivity contribution >= 4 is 23.3 Å². The van der Waals surface area contributed by atoms with Crippen LogP contribution >= 0.6 is 0 Å². The van der Waals surface area contributed by atoms with E-state index in [-0.39, 0.29) is 18.2 Å². The zero-order valence-electron chi connectivity index (χ0n) is 15.4. The van der Waals surface area contributed by atoms with E-state index in [2.05, 4.69) is 15.7 Å². The quantitative estimate of drug-likeness (QED) is 0.716. The van der Waals surface area contributed by atoms with Gasteiger partial charge < -0.3 is 15.4 Å². The third-order valence-corrected chi connectivity index (χ3v) is 4.74. The van der Waals surface area contributed by atoms with Crippen LogP contribution in [0.2, 0.25) is 0 Å². The van der Waals surface area contributed by atoms with Crippen molar-refractivity contribution in [1.29, 1.82) is 0 Å². The maximum Gasteiger partial charge on any atom is 0.231 e. The van der Waals surface area contributed by atoms with E-state index in [1.54, 1.807) is 42.3 Å². The number of carbonyl (C=O) groups excluding carboxylic acids is 2. The Morgan fingerprint density at radius 1 is 1.21 bits per heavy atom. The summed E-state index contributed by atoms with van der Waals surface area (Å²) in [6.45, 7) is 0.365. The molecule has 28 heavy (non-hydrogen) atoms. The number of ether oxygens (including phenoxy) is 1. The Balaban J connectivity index is 1.44. The molecule has 2 N–H and O–H groups in total. The predicted molar refractivity (Wildman–Crippen MR) is 106 cm³/mol. The van der Waals surface area contributed by atoms with Crippen molar-refractivity contribution in [2.75, 3.05) is 17.7 Å². The fourth-order valence-corrected chi connectivity index (χ4v) is 3.26. The number of rotatable bonds is 5. The summed E-state index contributed by atoms with van der Waals surface area (Å²) in [6, 6.07) is 16.8. The van der Waals surface area contributed by atoms with Gasteiger partial charge in [0.1, 0.15) is 11.6 Å². The summed E-state index contributed by atoms with van der Waals surface area (Å²) < 4.78 is 6.85. The third-order valence-electron chi connectivity index (χ3n) is 4.74. The standard InChI is InChI=1S/C21H20N4O3/c1-28-17-9-7-16(8-10-17)23-19(26)11-15-13-25-20(24-21(15)27)18(12-22-25)14-5-3-2-4-6-14/h2-10,12,15H,11,13H2,1H3,(H,23,26)(H,24,27)/t15-/m1/s1. The number of fused-ring (bicyclic) bond motifs is 1. The average molecular weight is 376 g/mol. The monoisotopic (exact) mass is 376 g/mol. The summed E-state index contributed by atoms with van der Waals surface area (Å²) in [5, 5.41) is 10.1. The first kappa shape index (κ1) is 17.8. The molecule has 7 nitrogen and oxygen atoms in total. The molecule has 0 spiro atoms. The van der Waals surface area contributed by atoms with E-state index in [4.69, 9.17) is 4.74 Å². The summed E-state index contributed by atoms with van der Waals surface area (Å²) in [5.41, 5.74) is 2.52. The van der Waals surface area contributed by atoms with E-state index in [0.717, 1.165) is 11.1 Å². The maximum atomic E-state index is 12.6. The molecule has 1 aliphatic rings. The third kappa shape index (κ3) is 3.59. The molecular weight excluding hydrogens is 356 g/mol. The van der Waals surface area contributed by atoms with E-state index in [1.165, 1.54) is 0 Å². The van der Waals surface area contributed by atoms with Gasteiger partial charge in [-0.3, -0.25) is 9.59 Å². The van der Waals surface area contributed by atoms with Crippen molar-refractivity contribution < 1.29 is 14.3 Å². The van der Waals surface area contributed by atoms with Crippen LogP contribution in [0.1, 0.15) is 6.42 Å². The largest absolute Gasteiger partial charge is 0.497 e. The van der Waals surface area contributed by atoms with Crippen LogP contribution in [0.3, 0.4) is 0 Å². The number of nitrogens with one attached hydrogen (secondary N) is 2. The normalized spacial score (nSPS) is 15.5. The summed E-state index contributed by atoms with van der Waals surface area (Å²) in [5.74, 6) is 0.515. The van der Waals surface area contributed by atoms with Gasteiger partial charge in [-0.15, -0.1) is 0 Å².